The second-order valence-electron chi connectivity index (χ2n) is 6.11. The molecule has 0 radical (unpaired) electrons. The lowest BCUT2D eigenvalue weighted by atomic mass is 9.92. The fourth-order valence-electron chi connectivity index (χ4n) is 2.03. The van der Waals surface area contributed by atoms with Gasteiger partial charge in [-0.05, 0) is 32.6 Å². The number of carbonyl (C=O) groups is 1. The van der Waals surface area contributed by atoms with E-state index >= 15 is 0 Å². The minimum atomic E-state index is -0.644. The van der Waals surface area contributed by atoms with Gasteiger partial charge in [0.25, 0.3) is 5.56 Å². The summed E-state index contributed by atoms with van der Waals surface area (Å²) in [5, 5.41) is 9.96. The average molecular weight is 313 g/mol. The third kappa shape index (κ3) is 3.75. The molecule has 1 aliphatic rings. The predicted molar refractivity (Wildman–Crippen MR) is 82.6 cm³/mol. The SMILES string of the molecule is CNC(=O)C(C)(C)CNc1c(Cl)cnn(CC2CC2)c1=O. The van der Waals surface area contributed by atoms with Crippen LogP contribution in [0.1, 0.15) is 26.7 Å². The van der Waals surface area contributed by atoms with E-state index in [0.29, 0.717) is 24.7 Å². The second kappa shape index (κ2) is 6.05. The molecule has 0 bridgehead atoms. The zero-order valence-electron chi connectivity index (χ0n) is 12.6. The van der Waals surface area contributed by atoms with Crippen LogP contribution in [-0.4, -0.2) is 29.3 Å². The largest absolute Gasteiger partial charge is 0.378 e. The minimum Gasteiger partial charge on any atom is -0.378 e. The smallest absolute Gasteiger partial charge is 0.291 e. The van der Waals surface area contributed by atoms with Gasteiger partial charge in [0.05, 0.1) is 16.6 Å². The molecule has 0 aliphatic heterocycles. The van der Waals surface area contributed by atoms with E-state index in [1.807, 2.05) is 0 Å². The first-order valence-electron chi connectivity index (χ1n) is 7.07. The molecule has 1 aliphatic carbocycles. The van der Waals surface area contributed by atoms with Gasteiger partial charge in [-0.3, -0.25) is 9.59 Å². The second-order valence-corrected chi connectivity index (χ2v) is 6.52. The first-order chi connectivity index (χ1) is 9.85. The van der Waals surface area contributed by atoms with Crippen LogP contribution in [-0.2, 0) is 11.3 Å². The molecule has 2 rings (SSSR count). The van der Waals surface area contributed by atoms with Crippen molar-refractivity contribution >= 4 is 23.2 Å². The van der Waals surface area contributed by atoms with Crippen LogP contribution in [0.15, 0.2) is 11.0 Å². The van der Waals surface area contributed by atoms with E-state index in [2.05, 4.69) is 15.7 Å². The summed E-state index contributed by atoms with van der Waals surface area (Å²) in [5.74, 6) is 0.449. The zero-order valence-corrected chi connectivity index (χ0v) is 13.3. The fourth-order valence-corrected chi connectivity index (χ4v) is 2.22. The molecule has 0 spiro atoms. The van der Waals surface area contributed by atoms with E-state index in [9.17, 15) is 9.59 Å². The normalized spacial score (nSPS) is 14.9. The summed E-state index contributed by atoms with van der Waals surface area (Å²) in [5.41, 5.74) is -0.568. The highest BCUT2D eigenvalue weighted by Gasteiger charge is 2.28. The van der Waals surface area contributed by atoms with Gasteiger partial charge < -0.3 is 10.6 Å². The lowest BCUT2D eigenvalue weighted by Crippen LogP contribution is -2.40. The molecule has 7 heteroatoms. The number of nitrogens with one attached hydrogen (secondary N) is 2. The van der Waals surface area contributed by atoms with Gasteiger partial charge >= 0.3 is 0 Å². The van der Waals surface area contributed by atoms with Gasteiger partial charge in [0, 0.05) is 20.1 Å². The molecule has 21 heavy (non-hydrogen) atoms. The molecular formula is C14H21ClN4O2. The molecule has 0 unspecified atom stereocenters. The number of carbonyl (C=O) groups excluding carboxylic acids is 1. The molecule has 1 saturated carbocycles. The summed E-state index contributed by atoms with van der Waals surface area (Å²) in [6.45, 7) is 4.55. The molecule has 0 aromatic carbocycles. The van der Waals surface area contributed by atoms with Gasteiger partial charge in [-0.2, -0.15) is 5.10 Å². The Morgan fingerprint density at radius 3 is 2.76 bits per heavy atom. The maximum atomic E-state index is 12.4. The van der Waals surface area contributed by atoms with Crippen LogP contribution in [0.4, 0.5) is 5.69 Å². The van der Waals surface area contributed by atoms with Gasteiger partial charge in [0.1, 0.15) is 5.69 Å². The van der Waals surface area contributed by atoms with Crippen molar-refractivity contribution in [2.24, 2.45) is 11.3 Å². The number of rotatable bonds is 6. The Kier molecular flexibility index (Phi) is 4.56. The number of hydrogen-bond donors (Lipinski definition) is 2. The Morgan fingerprint density at radius 2 is 2.19 bits per heavy atom. The predicted octanol–water partition coefficient (Wildman–Crippen LogP) is 1.49. The molecule has 1 aromatic heterocycles. The van der Waals surface area contributed by atoms with Crippen molar-refractivity contribution in [2.75, 3.05) is 18.9 Å². The van der Waals surface area contributed by atoms with Crippen LogP contribution in [0, 0.1) is 11.3 Å². The van der Waals surface area contributed by atoms with Crippen molar-refractivity contribution in [3.63, 3.8) is 0 Å². The van der Waals surface area contributed by atoms with Gasteiger partial charge in [0.15, 0.2) is 0 Å². The van der Waals surface area contributed by atoms with Gasteiger partial charge in [-0.25, -0.2) is 4.68 Å². The molecule has 0 saturated heterocycles. The summed E-state index contributed by atoms with van der Waals surface area (Å²) < 4.78 is 1.44. The molecule has 1 aromatic rings. The monoisotopic (exact) mass is 312 g/mol. The molecule has 1 amide bonds. The Bertz CT molecular complexity index is 593. The van der Waals surface area contributed by atoms with Crippen molar-refractivity contribution < 1.29 is 4.79 Å². The van der Waals surface area contributed by atoms with E-state index in [-0.39, 0.29) is 16.5 Å². The first-order valence-corrected chi connectivity index (χ1v) is 7.44. The summed E-state index contributed by atoms with van der Waals surface area (Å²) in [6, 6.07) is 0. The third-order valence-corrected chi connectivity index (χ3v) is 3.96. The summed E-state index contributed by atoms with van der Waals surface area (Å²) in [6.07, 6.45) is 3.76. The van der Waals surface area contributed by atoms with E-state index in [1.165, 1.54) is 10.9 Å². The van der Waals surface area contributed by atoms with Gasteiger partial charge in [-0.15, -0.1) is 0 Å². The Hall–Kier alpha value is -1.56. The van der Waals surface area contributed by atoms with Gasteiger partial charge in [0.2, 0.25) is 5.91 Å². The third-order valence-electron chi connectivity index (χ3n) is 3.67. The van der Waals surface area contributed by atoms with Crippen molar-refractivity contribution in [3.05, 3.63) is 21.6 Å². The number of amides is 1. The number of hydrogen-bond acceptors (Lipinski definition) is 4. The van der Waals surface area contributed by atoms with Crippen LogP contribution in [0.25, 0.3) is 0 Å². The summed E-state index contributed by atoms with van der Waals surface area (Å²) >= 11 is 6.06. The molecule has 1 heterocycles. The standard InChI is InChI=1S/C14H21ClN4O2/c1-14(2,13(21)16-3)8-17-11-10(15)6-18-19(12(11)20)7-9-4-5-9/h6,9,17H,4-5,7-8H2,1-3H3,(H,16,21). The zero-order chi connectivity index (χ0) is 15.6. The maximum Gasteiger partial charge on any atom is 0.291 e. The molecule has 1 fully saturated rings. The Labute approximate surface area is 128 Å². The molecule has 116 valence electrons. The number of anilines is 1. The van der Waals surface area contributed by atoms with E-state index < -0.39 is 5.41 Å². The highest BCUT2D eigenvalue weighted by Crippen LogP contribution is 2.30. The van der Waals surface area contributed by atoms with Crippen LogP contribution < -0.4 is 16.2 Å². The summed E-state index contributed by atoms with van der Waals surface area (Å²) in [7, 11) is 1.59. The topological polar surface area (TPSA) is 76.0 Å². The quantitative estimate of drug-likeness (QED) is 0.834. The number of halogens is 1. The molecule has 0 atom stereocenters. The highest BCUT2D eigenvalue weighted by atomic mass is 35.5. The number of nitrogens with zero attached hydrogens (tertiary/aromatic N) is 2. The summed E-state index contributed by atoms with van der Waals surface area (Å²) in [4.78, 5) is 24.1. The molecule has 6 nitrogen and oxygen atoms in total. The van der Waals surface area contributed by atoms with Gasteiger partial charge in [-0.1, -0.05) is 11.6 Å². The van der Waals surface area contributed by atoms with E-state index in [4.69, 9.17) is 11.6 Å². The maximum absolute atomic E-state index is 12.4. The lowest BCUT2D eigenvalue weighted by Gasteiger charge is -2.23. The minimum absolute atomic E-state index is 0.0986. The lowest BCUT2D eigenvalue weighted by molar-refractivity contribution is -0.128. The van der Waals surface area contributed by atoms with E-state index in [1.54, 1.807) is 20.9 Å². The van der Waals surface area contributed by atoms with Crippen molar-refractivity contribution in [1.29, 1.82) is 0 Å². The van der Waals surface area contributed by atoms with Crippen molar-refractivity contribution in [1.82, 2.24) is 15.1 Å². The van der Waals surface area contributed by atoms with Crippen molar-refractivity contribution in [3.8, 4) is 0 Å². The molecule has 2 N–H and O–H groups in total. The highest BCUT2D eigenvalue weighted by molar-refractivity contribution is 6.33. The number of aromatic nitrogens is 2. The van der Waals surface area contributed by atoms with Crippen LogP contribution in [0.3, 0.4) is 0 Å². The Morgan fingerprint density at radius 1 is 1.52 bits per heavy atom. The van der Waals surface area contributed by atoms with Crippen LogP contribution in [0.5, 0.6) is 0 Å². The first kappa shape index (κ1) is 15.8. The van der Waals surface area contributed by atoms with Crippen molar-refractivity contribution in [2.45, 2.75) is 33.2 Å². The van der Waals surface area contributed by atoms with Crippen LogP contribution >= 0.6 is 11.6 Å². The van der Waals surface area contributed by atoms with Crippen LogP contribution in [0.2, 0.25) is 5.02 Å². The fraction of sp³-hybridized carbons (Fsp3) is 0.643. The van der Waals surface area contributed by atoms with E-state index in [0.717, 1.165) is 12.8 Å². The molecular weight excluding hydrogens is 292 g/mol. The average Bonchev–Trinajstić information content (AvgIpc) is 3.24. The Balaban J connectivity index is 2.15.